The summed E-state index contributed by atoms with van der Waals surface area (Å²) in [5.41, 5.74) is 0.400. The van der Waals surface area contributed by atoms with Crippen LogP contribution in [0, 0.1) is 34.4 Å². The Hall–Kier alpha value is -1.05. The van der Waals surface area contributed by atoms with Crippen molar-refractivity contribution in [1.82, 2.24) is 0 Å². The van der Waals surface area contributed by atoms with Gasteiger partial charge in [0, 0.05) is 22.5 Å². The molecule has 0 radical (unpaired) electrons. The van der Waals surface area contributed by atoms with Crippen molar-refractivity contribution in [3.8, 4) is 5.75 Å². The van der Waals surface area contributed by atoms with E-state index in [2.05, 4.69) is 67.8 Å². The summed E-state index contributed by atoms with van der Waals surface area (Å²) in [6.07, 6.45) is -0.885. The molecular formula is C22H15I3O9S. The van der Waals surface area contributed by atoms with E-state index >= 15 is 0 Å². The minimum Gasteiger partial charge on any atom is -0.458 e. The number of benzene rings is 2. The van der Waals surface area contributed by atoms with Gasteiger partial charge in [0.1, 0.15) is 18.0 Å². The van der Waals surface area contributed by atoms with E-state index in [1.807, 2.05) is 6.07 Å². The highest BCUT2D eigenvalue weighted by Crippen LogP contribution is 2.59. The lowest BCUT2D eigenvalue weighted by atomic mass is 9.78. The van der Waals surface area contributed by atoms with E-state index in [1.165, 1.54) is 12.1 Å². The van der Waals surface area contributed by atoms with E-state index < -0.39 is 58.0 Å². The lowest BCUT2D eigenvalue weighted by molar-refractivity contribution is -0.149. The van der Waals surface area contributed by atoms with E-state index in [0.717, 1.165) is 22.8 Å². The number of carbonyl (C=O) groups is 3. The minimum absolute atomic E-state index is 0.0599. The molecule has 2 aliphatic carbocycles. The van der Waals surface area contributed by atoms with Crippen LogP contribution in [0.4, 0.5) is 0 Å². The van der Waals surface area contributed by atoms with E-state index in [0.29, 0.717) is 12.0 Å². The van der Waals surface area contributed by atoms with Gasteiger partial charge in [-0.15, -0.1) is 0 Å². The number of hydrogen-bond acceptors (Lipinski definition) is 8. The second-order valence-electron chi connectivity index (χ2n) is 8.48. The molecule has 2 aromatic rings. The standard InChI is InChI=1S/C22H15I3O9S/c23-13-6-5-10(16(24)17(13)25)20(26)33-18-11-7-12-15(22(28)34-19(12)18)14(11)21(27)32-8-1-3-9(4-2-8)35(29,30)31/h1-6,11-12,14-15,18-19H,7H2,(H,29,30,31). The fourth-order valence-electron chi connectivity index (χ4n) is 5.20. The summed E-state index contributed by atoms with van der Waals surface area (Å²) in [5, 5.41) is 0. The van der Waals surface area contributed by atoms with E-state index in [9.17, 15) is 22.8 Å². The van der Waals surface area contributed by atoms with Crippen molar-refractivity contribution in [2.24, 2.45) is 23.7 Å². The Morgan fingerprint density at radius 3 is 2.34 bits per heavy atom. The van der Waals surface area contributed by atoms with Crippen molar-refractivity contribution in [1.29, 1.82) is 0 Å². The molecule has 1 saturated heterocycles. The van der Waals surface area contributed by atoms with Crippen LogP contribution in [0.25, 0.3) is 0 Å². The molecule has 184 valence electrons. The number of rotatable bonds is 5. The smallest absolute Gasteiger partial charge is 0.339 e. The zero-order chi connectivity index (χ0) is 25.2. The quantitative estimate of drug-likeness (QED) is 0.158. The molecule has 0 spiro atoms. The van der Waals surface area contributed by atoms with Crippen molar-refractivity contribution < 1.29 is 41.6 Å². The van der Waals surface area contributed by atoms with Gasteiger partial charge >= 0.3 is 17.9 Å². The zero-order valence-corrected chi connectivity index (χ0v) is 24.7. The lowest BCUT2D eigenvalue weighted by Crippen LogP contribution is -2.44. The molecule has 5 rings (SSSR count). The predicted molar refractivity (Wildman–Crippen MR) is 144 cm³/mol. The molecule has 6 atom stereocenters. The van der Waals surface area contributed by atoms with Crippen molar-refractivity contribution in [2.45, 2.75) is 23.5 Å². The summed E-state index contributed by atoms with van der Waals surface area (Å²) >= 11 is 6.43. The third kappa shape index (κ3) is 4.48. The highest BCUT2D eigenvalue weighted by Gasteiger charge is 2.70. The van der Waals surface area contributed by atoms with Crippen LogP contribution in [0.2, 0.25) is 0 Å². The van der Waals surface area contributed by atoms with Gasteiger partial charge in [-0.3, -0.25) is 14.1 Å². The van der Waals surface area contributed by atoms with Gasteiger partial charge in [0.25, 0.3) is 10.1 Å². The van der Waals surface area contributed by atoms with E-state index in [4.69, 9.17) is 18.8 Å². The van der Waals surface area contributed by atoms with Crippen LogP contribution < -0.4 is 4.74 Å². The summed E-state index contributed by atoms with van der Waals surface area (Å²) in [4.78, 5) is 38.4. The fraction of sp³-hybridized carbons (Fsp3) is 0.318. The molecule has 1 aliphatic heterocycles. The van der Waals surface area contributed by atoms with Crippen molar-refractivity contribution in [2.75, 3.05) is 0 Å². The molecule has 2 saturated carbocycles. The summed E-state index contributed by atoms with van der Waals surface area (Å²) in [6.45, 7) is 0. The minimum atomic E-state index is -4.39. The molecule has 13 heteroatoms. The fourth-order valence-corrected chi connectivity index (χ4v) is 7.81. The monoisotopic (exact) mass is 836 g/mol. The Labute approximate surface area is 240 Å². The summed E-state index contributed by atoms with van der Waals surface area (Å²) in [5.74, 6) is -3.92. The molecule has 1 heterocycles. The Kier molecular flexibility index (Phi) is 6.84. The van der Waals surface area contributed by atoms with Gasteiger partial charge in [-0.1, -0.05) is 0 Å². The molecular weight excluding hydrogens is 821 g/mol. The molecule has 3 aliphatic rings. The topological polar surface area (TPSA) is 133 Å². The molecule has 0 amide bonds. The number of ether oxygens (including phenoxy) is 3. The van der Waals surface area contributed by atoms with Crippen LogP contribution in [0.1, 0.15) is 16.8 Å². The maximum absolute atomic E-state index is 13.1. The summed E-state index contributed by atoms with van der Waals surface area (Å²) in [7, 11) is -4.39. The summed E-state index contributed by atoms with van der Waals surface area (Å²) in [6, 6.07) is 8.19. The molecule has 3 fully saturated rings. The van der Waals surface area contributed by atoms with Gasteiger partial charge in [0.15, 0.2) is 0 Å². The maximum Gasteiger partial charge on any atom is 0.339 e. The Bertz CT molecular complexity index is 1360. The number of halogens is 3. The average molecular weight is 836 g/mol. The molecule has 0 aromatic heterocycles. The number of carbonyl (C=O) groups excluding carboxylic acids is 3. The second kappa shape index (κ2) is 9.36. The van der Waals surface area contributed by atoms with Gasteiger partial charge in [0.2, 0.25) is 0 Å². The Balaban J connectivity index is 1.37. The molecule has 2 bridgehead atoms. The first-order chi connectivity index (χ1) is 16.5. The Morgan fingerprint density at radius 1 is 1.00 bits per heavy atom. The largest absolute Gasteiger partial charge is 0.458 e. The molecule has 1 N–H and O–H groups in total. The first-order valence-corrected chi connectivity index (χ1v) is 15.0. The van der Waals surface area contributed by atoms with Gasteiger partial charge in [-0.05, 0) is 111 Å². The lowest BCUT2D eigenvalue weighted by Gasteiger charge is -2.30. The average Bonchev–Trinajstić information content (AvgIpc) is 3.41. The van der Waals surface area contributed by atoms with Crippen molar-refractivity contribution in [3.05, 3.63) is 52.7 Å². The Morgan fingerprint density at radius 2 is 1.69 bits per heavy atom. The number of esters is 3. The van der Waals surface area contributed by atoms with E-state index in [-0.39, 0.29) is 16.6 Å². The zero-order valence-electron chi connectivity index (χ0n) is 17.4. The normalized spacial score (nSPS) is 28.6. The van der Waals surface area contributed by atoms with Crippen LogP contribution in [-0.2, 0) is 29.2 Å². The first kappa shape index (κ1) is 25.6. The maximum atomic E-state index is 13.1. The molecule has 2 aromatic carbocycles. The van der Waals surface area contributed by atoms with Crippen molar-refractivity contribution in [3.63, 3.8) is 0 Å². The van der Waals surface area contributed by atoms with Crippen LogP contribution in [0.3, 0.4) is 0 Å². The molecule has 9 nitrogen and oxygen atoms in total. The van der Waals surface area contributed by atoms with Crippen LogP contribution in [0.5, 0.6) is 5.75 Å². The van der Waals surface area contributed by atoms with Gasteiger partial charge in [-0.2, -0.15) is 8.42 Å². The third-order valence-corrected chi connectivity index (χ3v) is 12.7. The number of hydrogen-bond donors (Lipinski definition) is 1. The van der Waals surface area contributed by atoms with Gasteiger partial charge < -0.3 is 14.2 Å². The SMILES string of the molecule is O=C(OC1C2CC3C1OC(=O)C3C2C(=O)Oc1ccc(S(=O)(=O)O)cc1)c1ccc(I)c(I)c1I. The van der Waals surface area contributed by atoms with Crippen LogP contribution in [0.15, 0.2) is 41.3 Å². The van der Waals surface area contributed by atoms with Gasteiger partial charge in [0.05, 0.1) is 22.3 Å². The summed E-state index contributed by atoms with van der Waals surface area (Å²) < 4.78 is 51.0. The highest BCUT2D eigenvalue weighted by atomic mass is 127. The number of fused-ring (bicyclic) bond motifs is 1. The van der Waals surface area contributed by atoms with Crippen molar-refractivity contribution >= 4 is 95.8 Å². The van der Waals surface area contributed by atoms with Gasteiger partial charge in [-0.25, -0.2) is 4.79 Å². The highest BCUT2D eigenvalue weighted by molar-refractivity contribution is 14.1. The third-order valence-electron chi connectivity index (χ3n) is 6.66. The van der Waals surface area contributed by atoms with E-state index in [1.54, 1.807) is 6.07 Å². The molecule has 6 unspecified atom stereocenters. The van der Waals surface area contributed by atoms with Crippen LogP contribution in [-0.4, -0.2) is 43.1 Å². The molecule has 35 heavy (non-hydrogen) atoms. The first-order valence-electron chi connectivity index (χ1n) is 10.3. The second-order valence-corrected chi connectivity index (χ2v) is 13.2. The van der Waals surface area contributed by atoms with Crippen LogP contribution >= 0.6 is 67.8 Å². The predicted octanol–water partition coefficient (Wildman–Crippen LogP) is 3.69.